The number of carbonyl (C=O) groups excluding carboxylic acids is 1. The van der Waals surface area contributed by atoms with E-state index in [0.29, 0.717) is 18.1 Å². The van der Waals surface area contributed by atoms with Gasteiger partial charge in [0.15, 0.2) is 0 Å². The van der Waals surface area contributed by atoms with Gasteiger partial charge in [-0.2, -0.15) is 0 Å². The van der Waals surface area contributed by atoms with Crippen molar-refractivity contribution in [3.63, 3.8) is 0 Å². The van der Waals surface area contributed by atoms with Gasteiger partial charge in [0.05, 0.1) is 5.69 Å². The number of carbonyl (C=O) groups is 1. The van der Waals surface area contributed by atoms with E-state index in [-0.39, 0.29) is 5.91 Å². The van der Waals surface area contributed by atoms with E-state index in [1.54, 1.807) is 0 Å². The molecule has 0 radical (unpaired) electrons. The van der Waals surface area contributed by atoms with Gasteiger partial charge in [0.25, 0.3) is 0 Å². The van der Waals surface area contributed by atoms with E-state index >= 15 is 0 Å². The van der Waals surface area contributed by atoms with Gasteiger partial charge in [-0.15, -0.1) is 0 Å². The Kier molecular flexibility index (Phi) is 4.81. The fraction of sp³-hybridized carbons (Fsp3) is 0.333. The number of hydrogen-bond donors (Lipinski definition) is 2. The molecule has 2 aromatic rings. The van der Waals surface area contributed by atoms with Gasteiger partial charge >= 0.3 is 0 Å². The minimum atomic E-state index is -0.443. The lowest BCUT2D eigenvalue weighted by Crippen LogP contribution is -2.28. The second kappa shape index (κ2) is 6.60. The van der Waals surface area contributed by atoms with Crippen LogP contribution in [0, 0.1) is 12.3 Å². The molecule has 0 aliphatic carbocycles. The Morgan fingerprint density at radius 3 is 2.41 bits per heavy atom. The number of aryl methyl sites for hydroxylation is 1. The first kappa shape index (κ1) is 16.0. The van der Waals surface area contributed by atoms with Crippen molar-refractivity contribution in [3.8, 4) is 0 Å². The van der Waals surface area contributed by atoms with E-state index in [0.717, 1.165) is 5.69 Å². The van der Waals surface area contributed by atoms with Crippen LogP contribution in [0.1, 0.15) is 32.0 Å². The number of rotatable bonds is 4. The van der Waals surface area contributed by atoms with Gasteiger partial charge in [0, 0.05) is 17.7 Å². The molecule has 1 aromatic heterocycles. The molecule has 0 bridgehead atoms. The van der Waals surface area contributed by atoms with E-state index in [4.69, 9.17) is 0 Å². The Morgan fingerprint density at radius 2 is 1.77 bits per heavy atom. The summed E-state index contributed by atoms with van der Waals surface area (Å²) < 4.78 is 0. The van der Waals surface area contributed by atoms with E-state index in [1.807, 2.05) is 58.0 Å². The number of pyridine rings is 1. The standard InChI is InChI=1S/C18H23N3O/c1-13-10-11-15(21-17(22)18(2,3)4)16(20-13)19-12-14-8-6-5-7-9-14/h5-11H,12H2,1-4H3,(H,19,20)(H,21,22). The Hall–Kier alpha value is -2.36. The number of amides is 1. The van der Waals surface area contributed by atoms with E-state index in [1.165, 1.54) is 5.56 Å². The number of nitrogens with zero attached hydrogens (tertiary/aromatic N) is 1. The molecule has 116 valence electrons. The van der Waals surface area contributed by atoms with Gasteiger partial charge in [-0.05, 0) is 24.6 Å². The summed E-state index contributed by atoms with van der Waals surface area (Å²) in [5.74, 6) is 0.669. The summed E-state index contributed by atoms with van der Waals surface area (Å²) >= 11 is 0. The average Bonchev–Trinajstić information content (AvgIpc) is 2.47. The van der Waals surface area contributed by atoms with Crippen LogP contribution in [-0.2, 0) is 11.3 Å². The Morgan fingerprint density at radius 1 is 1.09 bits per heavy atom. The Labute approximate surface area is 132 Å². The van der Waals surface area contributed by atoms with Crippen LogP contribution in [0.5, 0.6) is 0 Å². The molecule has 4 heteroatoms. The number of aromatic nitrogens is 1. The predicted molar refractivity (Wildman–Crippen MR) is 90.8 cm³/mol. The molecule has 0 atom stereocenters. The van der Waals surface area contributed by atoms with Crippen LogP contribution in [0.4, 0.5) is 11.5 Å². The lowest BCUT2D eigenvalue weighted by molar-refractivity contribution is -0.123. The van der Waals surface area contributed by atoms with Crippen LogP contribution in [0.3, 0.4) is 0 Å². The highest BCUT2D eigenvalue weighted by molar-refractivity contribution is 5.96. The summed E-state index contributed by atoms with van der Waals surface area (Å²) in [5.41, 5.74) is 2.34. The van der Waals surface area contributed by atoms with Crippen molar-refractivity contribution in [2.24, 2.45) is 5.41 Å². The molecular weight excluding hydrogens is 274 g/mol. The summed E-state index contributed by atoms with van der Waals surface area (Å²) in [6, 6.07) is 13.9. The molecule has 0 aliphatic heterocycles. The maximum Gasteiger partial charge on any atom is 0.229 e. The molecule has 2 N–H and O–H groups in total. The Balaban J connectivity index is 2.16. The molecule has 0 spiro atoms. The number of anilines is 2. The minimum Gasteiger partial charge on any atom is -0.364 e. The van der Waals surface area contributed by atoms with Crippen LogP contribution in [0.2, 0.25) is 0 Å². The molecular formula is C18H23N3O. The summed E-state index contributed by atoms with van der Waals surface area (Å²) in [7, 11) is 0. The van der Waals surface area contributed by atoms with Crippen molar-refractivity contribution < 1.29 is 4.79 Å². The SMILES string of the molecule is Cc1ccc(NC(=O)C(C)(C)C)c(NCc2ccccc2)n1. The minimum absolute atomic E-state index is 0.0269. The number of nitrogens with one attached hydrogen (secondary N) is 2. The van der Waals surface area contributed by atoms with E-state index in [2.05, 4.69) is 27.8 Å². The zero-order valence-corrected chi connectivity index (χ0v) is 13.6. The third-order valence-corrected chi connectivity index (χ3v) is 3.27. The molecule has 1 aromatic carbocycles. The van der Waals surface area contributed by atoms with Crippen LogP contribution in [0.15, 0.2) is 42.5 Å². The lowest BCUT2D eigenvalue weighted by Gasteiger charge is -2.19. The van der Waals surface area contributed by atoms with E-state index in [9.17, 15) is 4.79 Å². The first-order valence-corrected chi connectivity index (χ1v) is 7.43. The maximum absolute atomic E-state index is 12.2. The van der Waals surface area contributed by atoms with Crippen molar-refractivity contribution in [3.05, 3.63) is 53.7 Å². The highest BCUT2D eigenvalue weighted by Gasteiger charge is 2.22. The lowest BCUT2D eigenvalue weighted by atomic mass is 9.95. The number of benzene rings is 1. The molecule has 1 amide bonds. The van der Waals surface area contributed by atoms with Crippen molar-refractivity contribution in [1.29, 1.82) is 0 Å². The van der Waals surface area contributed by atoms with Gasteiger partial charge in [-0.25, -0.2) is 4.98 Å². The summed E-state index contributed by atoms with van der Waals surface area (Å²) in [6.07, 6.45) is 0. The first-order chi connectivity index (χ1) is 10.4. The van der Waals surface area contributed by atoms with Gasteiger partial charge < -0.3 is 10.6 Å². The normalized spacial score (nSPS) is 11.1. The maximum atomic E-state index is 12.2. The van der Waals surface area contributed by atoms with Crippen LogP contribution >= 0.6 is 0 Å². The van der Waals surface area contributed by atoms with Crippen molar-refractivity contribution in [1.82, 2.24) is 4.98 Å². The molecule has 22 heavy (non-hydrogen) atoms. The smallest absolute Gasteiger partial charge is 0.229 e. The third kappa shape index (κ3) is 4.32. The molecule has 2 rings (SSSR count). The van der Waals surface area contributed by atoms with Crippen LogP contribution < -0.4 is 10.6 Å². The van der Waals surface area contributed by atoms with E-state index < -0.39 is 5.41 Å². The molecule has 4 nitrogen and oxygen atoms in total. The van der Waals surface area contributed by atoms with Crippen molar-refractivity contribution in [2.45, 2.75) is 34.2 Å². The first-order valence-electron chi connectivity index (χ1n) is 7.43. The number of hydrogen-bond acceptors (Lipinski definition) is 3. The molecule has 0 saturated heterocycles. The van der Waals surface area contributed by atoms with Gasteiger partial charge in [-0.1, -0.05) is 51.1 Å². The van der Waals surface area contributed by atoms with Crippen molar-refractivity contribution >= 4 is 17.4 Å². The quantitative estimate of drug-likeness (QED) is 0.897. The summed E-state index contributed by atoms with van der Waals surface area (Å²) in [6.45, 7) is 8.27. The van der Waals surface area contributed by atoms with Gasteiger partial charge in [-0.3, -0.25) is 4.79 Å². The molecule has 0 fully saturated rings. The van der Waals surface area contributed by atoms with Crippen LogP contribution in [-0.4, -0.2) is 10.9 Å². The molecule has 1 heterocycles. The molecule has 0 saturated carbocycles. The largest absolute Gasteiger partial charge is 0.364 e. The second-order valence-corrected chi connectivity index (χ2v) is 6.39. The third-order valence-electron chi connectivity index (χ3n) is 3.27. The monoisotopic (exact) mass is 297 g/mol. The van der Waals surface area contributed by atoms with Crippen molar-refractivity contribution in [2.75, 3.05) is 10.6 Å². The fourth-order valence-corrected chi connectivity index (χ4v) is 1.88. The zero-order chi connectivity index (χ0) is 16.2. The average molecular weight is 297 g/mol. The zero-order valence-electron chi connectivity index (χ0n) is 13.6. The highest BCUT2D eigenvalue weighted by atomic mass is 16.2. The molecule has 0 aliphatic rings. The fourth-order valence-electron chi connectivity index (χ4n) is 1.88. The van der Waals surface area contributed by atoms with Crippen LogP contribution in [0.25, 0.3) is 0 Å². The van der Waals surface area contributed by atoms with Gasteiger partial charge in [0.2, 0.25) is 5.91 Å². The summed E-state index contributed by atoms with van der Waals surface area (Å²) in [4.78, 5) is 16.7. The molecule has 0 unspecified atom stereocenters. The van der Waals surface area contributed by atoms with Gasteiger partial charge in [0.1, 0.15) is 5.82 Å². The topological polar surface area (TPSA) is 54.0 Å². The Bertz CT molecular complexity index is 645. The second-order valence-electron chi connectivity index (χ2n) is 6.39. The highest BCUT2D eigenvalue weighted by Crippen LogP contribution is 2.23. The predicted octanol–water partition coefficient (Wildman–Crippen LogP) is 3.99. The summed E-state index contributed by atoms with van der Waals surface area (Å²) in [5, 5.41) is 6.25.